The van der Waals surface area contributed by atoms with E-state index < -0.39 is 19.6 Å². The number of pyridine rings is 2. The van der Waals surface area contributed by atoms with Crippen LogP contribution in [0.2, 0.25) is 17.3 Å². The molecule has 0 N–H and O–H groups in total. The van der Waals surface area contributed by atoms with E-state index in [1.165, 1.54) is 31.0 Å². The largest absolute Gasteiger partial charge is 0.305 e. The van der Waals surface area contributed by atoms with Crippen molar-refractivity contribution in [3.8, 4) is 33.6 Å². The molecule has 58 heavy (non-hydrogen) atoms. The van der Waals surface area contributed by atoms with Gasteiger partial charge in [0.15, 0.2) is 0 Å². The molecule has 0 saturated heterocycles. The van der Waals surface area contributed by atoms with Crippen LogP contribution in [0.15, 0.2) is 152 Å². The van der Waals surface area contributed by atoms with Crippen molar-refractivity contribution in [3.05, 3.63) is 186 Å². The van der Waals surface area contributed by atoms with Gasteiger partial charge in [-0.1, -0.05) is 128 Å². The Kier molecular flexibility index (Phi) is 11.5. The molecule has 0 aliphatic carbocycles. The van der Waals surface area contributed by atoms with Crippen LogP contribution >= 0.6 is 11.3 Å². The zero-order chi connectivity index (χ0) is 41.5. The Morgan fingerprint density at radius 1 is 0.724 bits per heavy atom. The van der Waals surface area contributed by atoms with Gasteiger partial charge in [0.25, 0.3) is 0 Å². The number of benzene rings is 6. The maximum atomic E-state index is 9.15. The first-order chi connectivity index (χ1) is 28.2. The molecule has 0 amide bonds. The van der Waals surface area contributed by atoms with Gasteiger partial charge in [-0.05, 0) is 67.2 Å². The zero-order valence-electron chi connectivity index (χ0n) is 36.1. The second kappa shape index (κ2) is 17.3. The van der Waals surface area contributed by atoms with Crippen molar-refractivity contribution in [2.75, 3.05) is 0 Å². The number of rotatable bonds is 6. The number of aromatic nitrogens is 2. The van der Waals surface area contributed by atoms with Crippen molar-refractivity contribution in [2.24, 2.45) is 0 Å². The fourth-order valence-electron chi connectivity index (χ4n) is 7.44. The molecule has 1 radical (unpaired) electrons. The third kappa shape index (κ3) is 8.97. The summed E-state index contributed by atoms with van der Waals surface area (Å²) in [6.45, 7) is 8.93. The zero-order valence-corrected chi connectivity index (χ0v) is 39.4. The van der Waals surface area contributed by atoms with Crippen LogP contribution in [0.3, 0.4) is 0 Å². The van der Waals surface area contributed by atoms with Gasteiger partial charge in [-0.15, -0.1) is 17.7 Å². The Hall–Kier alpha value is -4.71. The summed E-state index contributed by atoms with van der Waals surface area (Å²) < 4.78 is 22.2. The molecule has 0 saturated carbocycles. The third-order valence-corrected chi connectivity index (χ3v) is 16.1. The van der Waals surface area contributed by atoms with Crippen LogP contribution in [0.1, 0.15) is 45.8 Å². The minimum Gasteiger partial charge on any atom is -0.305 e. The van der Waals surface area contributed by atoms with Crippen molar-refractivity contribution >= 4 is 59.9 Å². The molecule has 3 heterocycles. The van der Waals surface area contributed by atoms with Crippen LogP contribution in [-0.4, -0.2) is 23.2 Å². The fraction of sp³-hybridized carbons (Fsp3) is 0.170. The van der Waals surface area contributed by atoms with Crippen LogP contribution < -0.4 is 4.40 Å². The van der Waals surface area contributed by atoms with E-state index in [9.17, 15) is 0 Å². The Balaban J connectivity index is 0.000000255. The number of fused-ring (bicyclic) bond motifs is 4. The van der Waals surface area contributed by atoms with E-state index in [2.05, 4.69) is 135 Å². The molecule has 9 rings (SSSR count). The normalized spacial score (nSPS) is 12.4. The summed E-state index contributed by atoms with van der Waals surface area (Å²) in [5.41, 5.74) is 9.95. The molecule has 0 unspecified atom stereocenters. The molecule has 0 aliphatic rings. The van der Waals surface area contributed by atoms with Crippen molar-refractivity contribution in [3.63, 3.8) is 0 Å². The van der Waals surface area contributed by atoms with Crippen molar-refractivity contribution in [2.45, 2.75) is 56.8 Å². The average molecular weight is 1010 g/mol. The maximum Gasteiger partial charge on any atom is 0.0365 e. The SMILES string of the molecule is Cc1cc(-c2[c-]cccc2)nc[c]1[Ge]([CH3])([CH3])[CH3].[2H]C([2H])(c1ccnc(-c2[c-]cc(-c3ccccc3)c3c2sc2cc(C(C)(C)C)ccc23)c1)c1ccc2ccccc2c1.[Ir]. The number of nitrogens with zero attached hydrogens (tertiary/aromatic N) is 2. The molecule has 0 spiro atoms. The van der Waals surface area contributed by atoms with Gasteiger partial charge in [0.2, 0.25) is 0 Å². The van der Waals surface area contributed by atoms with E-state index in [-0.39, 0.29) is 25.5 Å². The third-order valence-electron chi connectivity index (χ3n) is 10.5. The van der Waals surface area contributed by atoms with Gasteiger partial charge in [-0.3, -0.25) is 0 Å². The summed E-state index contributed by atoms with van der Waals surface area (Å²) in [5, 5.41) is 4.54. The summed E-state index contributed by atoms with van der Waals surface area (Å²) >= 11 is -0.00423. The molecule has 291 valence electrons. The van der Waals surface area contributed by atoms with E-state index in [1.54, 1.807) is 23.6 Å². The average Bonchev–Trinajstić information content (AvgIpc) is 3.62. The van der Waals surface area contributed by atoms with E-state index >= 15 is 0 Å². The van der Waals surface area contributed by atoms with Gasteiger partial charge in [0.05, 0.1) is 0 Å². The van der Waals surface area contributed by atoms with Crippen LogP contribution in [0.25, 0.3) is 64.6 Å². The summed E-state index contributed by atoms with van der Waals surface area (Å²) in [6.07, 6.45) is 2.11. The standard InChI is InChI=1S/C38H30NS.C15H18GeN.Ir/c1-38(2,3)30-15-16-33-35(24-30)40-37-32(18-17-31(36(33)37)28-10-5-4-6-11-28)34-23-26(19-20-39-34)21-25-13-14-27-9-7-8-12-29(27)22-25;1-12-10-15(13-8-6-5-7-9-13)17-11-14(12)16(2,3)4;/h4-17,19-20,22-24H,21H2,1-3H3;5-8,10-11H,1-4H3;/q2*-1;/i21D2;;. The van der Waals surface area contributed by atoms with Gasteiger partial charge in [-0.25, -0.2) is 0 Å². The van der Waals surface area contributed by atoms with Crippen LogP contribution in [-0.2, 0) is 31.9 Å². The van der Waals surface area contributed by atoms with Gasteiger partial charge >= 0.3 is 106 Å². The molecule has 5 heteroatoms. The fourth-order valence-corrected chi connectivity index (χ4v) is 12.3. The monoisotopic (exact) mass is 1010 g/mol. The van der Waals surface area contributed by atoms with Crippen molar-refractivity contribution < 1.29 is 22.8 Å². The quantitative estimate of drug-likeness (QED) is 0.123. The number of hydrogen-bond acceptors (Lipinski definition) is 3. The van der Waals surface area contributed by atoms with Gasteiger partial charge in [0.1, 0.15) is 0 Å². The summed E-state index contributed by atoms with van der Waals surface area (Å²) in [7, 11) is 0. The molecular formula is C53H48GeIrN2S-2. The van der Waals surface area contributed by atoms with Crippen LogP contribution in [0.4, 0.5) is 0 Å². The van der Waals surface area contributed by atoms with Crippen molar-refractivity contribution in [1.29, 1.82) is 0 Å². The number of hydrogen-bond donors (Lipinski definition) is 0. The summed E-state index contributed by atoms with van der Waals surface area (Å²) in [4.78, 5) is 9.35. The number of thiophene rings is 1. The molecule has 0 atom stereocenters. The van der Waals surface area contributed by atoms with Crippen LogP contribution in [0.5, 0.6) is 0 Å². The molecule has 0 bridgehead atoms. The first-order valence-corrected chi connectivity index (χ1v) is 27.7. The molecule has 3 aromatic heterocycles. The minimum atomic E-state index is -1.77. The van der Waals surface area contributed by atoms with E-state index in [4.69, 9.17) is 7.73 Å². The van der Waals surface area contributed by atoms with Gasteiger partial charge in [-0.2, -0.15) is 11.3 Å². The Labute approximate surface area is 367 Å². The van der Waals surface area contributed by atoms with E-state index in [0.717, 1.165) is 49.1 Å². The Morgan fingerprint density at radius 2 is 1.47 bits per heavy atom. The molecule has 2 nitrogen and oxygen atoms in total. The van der Waals surface area contributed by atoms with E-state index in [1.807, 2.05) is 66.7 Å². The summed E-state index contributed by atoms with van der Waals surface area (Å²) in [6, 6.07) is 53.9. The van der Waals surface area contributed by atoms with Gasteiger partial charge in [0, 0.05) is 33.7 Å². The molecular weight excluding hydrogens is 961 g/mol. The minimum absolute atomic E-state index is 0. The molecule has 0 aliphatic heterocycles. The second-order valence-corrected chi connectivity index (χ2v) is 28.4. The van der Waals surface area contributed by atoms with Gasteiger partial charge < -0.3 is 4.98 Å². The van der Waals surface area contributed by atoms with E-state index in [0.29, 0.717) is 11.1 Å². The molecule has 9 aromatic rings. The topological polar surface area (TPSA) is 25.8 Å². The second-order valence-electron chi connectivity index (χ2n) is 16.7. The van der Waals surface area contributed by atoms with Crippen LogP contribution in [0, 0.1) is 19.1 Å². The Bertz CT molecular complexity index is 2950. The maximum absolute atomic E-state index is 9.15. The molecule has 0 fully saturated rings. The molecule has 6 aromatic carbocycles. The van der Waals surface area contributed by atoms with Crippen molar-refractivity contribution in [1.82, 2.24) is 9.97 Å². The number of aryl methyl sites for hydroxylation is 1. The first kappa shape index (κ1) is 38.8. The smallest absolute Gasteiger partial charge is 0.0365 e. The predicted octanol–water partition coefficient (Wildman–Crippen LogP) is 14.0. The Morgan fingerprint density at radius 3 is 2.19 bits per heavy atom. The summed E-state index contributed by atoms with van der Waals surface area (Å²) in [5.74, 6) is 7.20. The first-order valence-electron chi connectivity index (χ1n) is 20.6. The predicted molar refractivity (Wildman–Crippen MR) is 249 cm³/mol.